The van der Waals surface area contributed by atoms with Gasteiger partial charge in [-0.3, -0.25) is 0 Å². The summed E-state index contributed by atoms with van der Waals surface area (Å²) in [5.74, 6) is -0.265. The first kappa shape index (κ1) is 18.5. The van der Waals surface area contributed by atoms with E-state index in [2.05, 4.69) is 23.7 Å². The van der Waals surface area contributed by atoms with Gasteiger partial charge in [0, 0.05) is 24.3 Å². The Hall–Kier alpha value is -2.30. The average Bonchev–Trinajstić information content (AvgIpc) is 3.00. The van der Waals surface area contributed by atoms with E-state index in [1.54, 1.807) is 24.3 Å². The molecule has 134 valence electrons. The van der Waals surface area contributed by atoms with Gasteiger partial charge in [0.1, 0.15) is 0 Å². The Morgan fingerprint density at radius 2 is 1.73 bits per heavy atom. The van der Waals surface area contributed by atoms with Crippen molar-refractivity contribution in [3.63, 3.8) is 0 Å². The Labute approximate surface area is 162 Å². The van der Waals surface area contributed by atoms with Crippen LogP contribution in [-0.2, 0) is 9.53 Å². The first-order valence-corrected chi connectivity index (χ1v) is 9.10. The van der Waals surface area contributed by atoms with Crippen molar-refractivity contribution in [2.24, 2.45) is 4.99 Å². The summed E-state index contributed by atoms with van der Waals surface area (Å²) in [7, 11) is 0. The normalized spacial score (nSPS) is 15.2. The molecule has 0 aromatic heterocycles. The number of carbonyl (C=O) groups is 1. The van der Waals surface area contributed by atoms with Crippen molar-refractivity contribution in [3.8, 4) is 0 Å². The fourth-order valence-electron chi connectivity index (χ4n) is 2.69. The number of anilines is 1. The first-order valence-electron chi connectivity index (χ1n) is 8.34. The number of carbonyl (C=O) groups excluding carboxylic acids is 1. The van der Waals surface area contributed by atoms with Crippen LogP contribution in [0.2, 0.25) is 10.0 Å². The van der Waals surface area contributed by atoms with E-state index in [4.69, 9.17) is 27.9 Å². The number of nitrogens with zero attached hydrogens (tertiary/aromatic N) is 2. The number of esters is 1. The van der Waals surface area contributed by atoms with E-state index < -0.39 is 5.97 Å². The molecule has 1 heterocycles. The SMILES string of the molecule is CCN(CC)c1ccc(/C=C2\N=C(c3ccc(Cl)c(Cl)c3)OC2=O)cc1. The van der Waals surface area contributed by atoms with Crippen molar-refractivity contribution in [2.45, 2.75) is 13.8 Å². The van der Waals surface area contributed by atoms with Crippen LogP contribution in [0.5, 0.6) is 0 Å². The molecule has 2 aromatic carbocycles. The zero-order valence-electron chi connectivity index (χ0n) is 14.5. The highest BCUT2D eigenvalue weighted by atomic mass is 35.5. The lowest BCUT2D eigenvalue weighted by Gasteiger charge is -2.20. The molecule has 26 heavy (non-hydrogen) atoms. The van der Waals surface area contributed by atoms with Crippen LogP contribution in [0.4, 0.5) is 5.69 Å². The Balaban J connectivity index is 1.85. The fraction of sp³-hybridized carbons (Fsp3) is 0.200. The van der Waals surface area contributed by atoms with E-state index >= 15 is 0 Å². The lowest BCUT2D eigenvalue weighted by atomic mass is 10.1. The van der Waals surface area contributed by atoms with Gasteiger partial charge in [-0.2, -0.15) is 0 Å². The number of ether oxygens (including phenoxy) is 1. The minimum Gasteiger partial charge on any atom is -0.402 e. The Morgan fingerprint density at radius 3 is 2.35 bits per heavy atom. The van der Waals surface area contributed by atoms with Crippen LogP contribution in [0, 0.1) is 0 Å². The maximum Gasteiger partial charge on any atom is 0.363 e. The smallest absolute Gasteiger partial charge is 0.363 e. The molecule has 0 amide bonds. The summed E-state index contributed by atoms with van der Waals surface area (Å²) in [5, 5.41) is 0.816. The standard InChI is InChI=1S/C20H18Cl2N2O2/c1-3-24(4-2)15-8-5-13(6-9-15)11-18-20(25)26-19(23-18)14-7-10-16(21)17(22)12-14/h5-12H,3-4H2,1-2H3/b18-11-. The zero-order chi connectivity index (χ0) is 18.7. The molecule has 1 aliphatic rings. The lowest BCUT2D eigenvalue weighted by Crippen LogP contribution is -2.21. The Kier molecular flexibility index (Phi) is 5.64. The first-order chi connectivity index (χ1) is 12.5. The summed E-state index contributed by atoms with van der Waals surface area (Å²) in [5.41, 5.74) is 2.88. The van der Waals surface area contributed by atoms with Gasteiger partial charge in [-0.05, 0) is 55.8 Å². The highest BCUT2D eigenvalue weighted by Crippen LogP contribution is 2.26. The minimum absolute atomic E-state index is 0.222. The molecular weight excluding hydrogens is 371 g/mol. The number of halogens is 2. The van der Waals surface area contributed by atoms with E-state index in [0.29, 0.717) is 15.6 Å². The number of hydrogen-bond acceptors (Lipinski definition) is 4. The molecule has 0 radical (unpaired) electrons. The van der Waals surface area contributed by atoms with Crippen LogP contribution < -0.4 is 4.90 Å². The second-order valence-corrected chi connectivity index (χ2v) is 6.54. The van der Waals surface area contributed by atoms with Crippen LogP contribution in [0.1, 0.15) is 25.0 Å². The van der Waals surface area contributed by atoms with Crippen molar-refractivity contribution < 1.29 is 9.53 Å². The summed E-state index contributed by atoms with van der Waals surface area (Å²) < 4.78 is 5.26. The van der Waals surface area contributed by atoms with E-state index in [0.717, 1.165) is 24.3 Å². The molecular formula is C20H18Cl2N2O2. The van der Waals surface area contributed by atoms with E-state index in [-0.39, 0.29) is 11.6 Å². The van der Waals surface area contributed by atoms with Crippen molar-refractivity contribution in [1.29, 1.82) is 0 Å². The summed E-state index contributed by atoms with van der Waals surface area (Å²) in [6.07, 6.45) is 1.71. The summed E-state index contributed by atoms with van der Waals surface area (Å²) in [4.78, 5) is 18.7. The summed E-state index contributed by atoms with van der Waals surface area (Å²) in [6.45, 7) is 6.13. The third-order valence-electron chi connectivity index (χ3n) is 4.11. The third kappa shape index (κ3) is 3.92. The minimum atomic E-state index is -0.487. The summed E-state index contributed by atoms with van der Waals surface area (Å²) in [6, 6.07) is 13.0. The van der Waals surface area contributed by atoms with Gasteiger partial charge in [0.25, 0.3) is 0 Å². The van der Waals surface area contributed by atoms with Crippen molar-refractivity contribution in [3.05, 3.63) is 69.3 Å². The van der Waals surface area contributed by atoms with Crippen LogP contribution in [-0.4, -0.2) is 25.0 Å². The molecule has 0 saturated carbocycles. The maximum atomic E-state index is 12.1. The van der Waals surface area contributed by atoms with Gasteiger partial charge >= 0.3 is 5.97 Å². The fourth-order valence-corrected chi connectivity index (χ4v) is 2.99. The Morgan fingerprint density at radius 1 is 1.04 bits per heavy atom. The number of cyclic esters (lactones) is 1. The number of hydrogen-bond donors (Lipinski definition) is 0. The maximum absolute atomic E-state index is 12.1. The number of benzene rings is 2. The van der Waals surface area contributed by atoms with Crippen LogP contribution in [0.25, 0.3) is 6.08 Å². The predicted octanol–water partition coefficient (Wildman–Crippen LogP) is 5.18. The third-order valence-corrected chi connectivity index (χ3v) is 4.85. The molecule has 2 aromatic rings. The second-order valence-electron chi connectivity index (χ2n) is 5.73. The molecule has 0 bridgehead atoms. The molecule has 0 atom stereocenters. The molecule has 0 N–H and O–H groups in total. The van der Waals surface area contributed by atoms with Crippen LogP contribution >= 0.6 is 23.2 Å². The topological polar surface area (TPSA) is 41.9 Å². The van der Waals surface area contributed by atoms with Gasteiger partial charge in [-0.1, -0.05) is 35.3 Å². The van der Waals surface area contributed by atoms with Gasteiger partial charge < -0.3 is 9.64 Å². The predicted molar refractivity (Wildman–Crippen MR) is 107 cm³/mol. The average molecular weight is 389 g/mol. The zero-order valence-corrected chi connectivity index (χ0v) is 16.0. The molecule has 3 rings (SSSR count). The number of rotatable bonds is 5. The van der Waals surface area contributed by atoms with E-state index in [9.17, 15) is 4.79 Å². The molecule has 4 nitrogen and oxygen atoms in total. The summed E-state index contributed by atoms with van der Waals surface area (Å²) >= 11 is 11.9. The molecule has 0 unspecified atom stereocenters. The van der Waals surface area contributed by atoms with Gasteiger partial charge in [-0.15, -0.1) is 0 Å². The highest BCUT2D eigenvalue weighted by molar-refractivity contribution is 6.42. The largest absolute Gasteiger partial charge is 0.402 e. The van der Waals surface area contributed by atoms with Crippen molar-refractivity contribution in [2.75, 3.05) is 18.0 Å². The highest BCUT2D eigenvalue weighted by Gasteiger charge is 2.24. The molecule has 0 spiro atoms. The molecule has 0 saturated heterocycles. The number of aliphatic imine (C=N–C) groups is 1. The molecule has 6 heteroatoms. The lowest BCUT2D eigenvalue weighted by molar-refractivity contribution is -0.129. The van der Waals surface area contributed by atoms with Gasteiger partial charge in [0.2, 0.25) is 5.90 Å². The monoisotopic (exact) mass is 388 g/mol. The van der Waals surface area contributed by atoms with Crippen molar-refractivity contribution >= 4 is 46.8 Å². The van der Waals surface area contributed by atoms with Gasteiger partial charge in [-0.25, -0.2) is 9.79 Å². The van der Waals surface area contributed by atoms with Crippen molar-refractivity contribution in [1.82, 2.24) is 0 Å². The van der Waals surface area contributed by atoms with Gasteiger partial charge in [0.15, 0.2) is 5.70 Å². The second kappa shape index (κ2) is 7.94. The Bertz CT molecular complexity index is 885. The molecule has 0 aliphatic carbocycles. The van der Waals surface area contributed by atoms with Crippen LogP contribution in [0.3, 0.4) is 0 Å². The van der Waals surface area contributed by atoms with E-state index in [1.165, 1.54) is 0 Å². The molecule has 0 fully saturated rings. The van der Waals surface area contributed by atoms with Gasteiger partial charge in [0.05, 0.1) is 10.0 Å². The quantitative estimate of drug-likeness (QED) is 0.523. The van der Waals surface area contributed by atoms with Crippen LogP contribution in [0.15, 0.2) is 53.2 Å². The molecule has 1 aliphatic heterocycles. The van der Waals surface area contributed by atoms with E-state index in [1.807, 2.05) is 24.3 Å².